The van der Waals surface area contributed by atoms with E-state index < -0.39 is 5.72 Å². The highest BCUT2D eigenvalue weighted by molar-refractivity contribution is 5.78. The number of fused-ring (bicyclic) bond motifs is 1. The van der Waals surface area contributed by atoms with Gasteiger partial charge in [-0.25, -0.2) is 0 Å². The Morgan fingerprint density at radius 3 is 3.06 bits per heavy atom. The van der Waals surface area contributed by atoms with Crippen molar-refractivity contribution >= 4 is 10.9 Å². The third-order valence-corrected chi connectivity index (χ3v) is 2.59. The van der Waals surface area contributed by atoms with Gasteiger partial charge in [-0.3, -0.25) is 10.3 Å². The smallest absolute Gasteiger partial charge is 0.176 e. The second kappa shape index (κ2) is 4.54. The highest BCUT2D eigenvalue weighted by Gasteiger charge is 2.14. The Kier molecular flexibility index (Phi) is 3.10. The Labute approximate surface area is 101 Å². The molecule has 0 spiro atoms. The summed E-state index contributed by atoms with van der Waals surface area (Å²) in [5, 5.41) is 13.6. The lowest BCUT2D eigenvalue weighted by Crippen LogP contribution is -2.39. The number of terminal acetylenes is 1. The molecule has 0 saturated carbocycles. The molecule has 0 fully saturated rings. The zero-order valence-corrected chi connectivity index (χ0v) is 9.64. The first-order valence-corrected chi connectivity index (χ1v) is 5.39. The third kappa shape index (κ3) is 2.82. The molecule has 1 aromatic heterocycles. The van der Waals surface area contributed by atoms with E-state index in [-0.39, 0.29) is 0 Å². The van der Waals surface area contributed by atoms with E-state index in [0.717, 1.165) is 16.5 Å². The number of nitrogens with one attached hydrogen (secondary N) is 1. The number of pyridine rings is 1. The predicted molar refractivity (Wildman–Crippen MR) is 68.0 cm³/mol. The molecule has 0 amide bonds. The highest BCUT2D eigenvalue weighted by atomic mass is 16.3. The van der Waals surface area contributed by atoms with E-state index in [4.69, 9.17) is 6.42 Å². The molecule has 17 heavy (non-hydrogen) atoms. The van der Waals surface area contributed by atoms with Crippen molar-refractivity contribution in [3.8, 4) is 12.3 Å². The fourth-order valence-corrected chi connectivity index (χ4v) is 1.56. The maximum Gasteiger partial charge on any atom is 0.176 e. The van der Waals surface area contributed by atoms with Crippen LogP contribution in [-0.4, -0.2) is 15.8 Å². The van der Waals surface area contributed by atoms with E-state index in [1.54, 1.807) is 13.1 Å². The quantitative estimate of drug-likeness (QED) is 0.618. The molecule has 1 atom stereocenters. The molecule has 2 N–H and O–H groups in total. The summed E-state index contributed by atoms with van der Waals surface area (Å²) >= 11 is 0. The monoisotopic (exact) mass is 226 g/mol. The van der Waals surface area contributed by atoms with Crippen molar-refractivity contribution in [3.05, 3.63) is 42.1 Å². The van der Waals surface area contributed by atoms with E-state index in [9.17, 15) is 5.11 Å². The molecular formula is C14H14N2O. The van der Waals surface area contributed by atoms with Crippen LogP contribution in [0, 0.1) is 12.3 Å². The second-order valence-corrected chi connectivity index (χ2v) is 4.10. The molecule has 0 aliphatic rings. The Morgan fingerprint density at radius 2 is 2.29 bits per heavy atom. The number of nitrogens with zero attached hydrogens (tertiary/aromatic N) is 1. The molecule has 86 valence electrons. The van der Waals surface area contributed by atoms with Crippen molar-refractivity contribution in [2.24, 2.45) is 0 Å². The van der Waals surface area contributed by atoms with Gasteiger partial charge in [0.05, 0.1) is 5.52 Å². The SMILES string of the molecule is C#C[C@](C)(O)NCc1ccc2ncccc2c1. The number of aliphatic hydroxyl groups is 1. The largest absolute Gasteiger partial charge is 0.365 e. The lowest BCUT2D eigenvalue weighted by molar-refractivity contribution is 0.0824. The summed E-state index contributed by atoms with van der Waals surface area (Å²) < 4.78 is 0. The zero-order chi connectivity index (χ0) is 12.3. The Bertz CT molecular complexity index is 570. The molecule has 1 heterocycles. The van der Waals surface area contributed by atoms with Gasteiger partial charge in [0.1, 0.15) is 0 Å². The van der Waals surface area contributed by atoms with Crippen LogP contribution < -0.4 is 5.32 Å². The molecule has 0 radical (unpaired) electrons. The van der Waals surface area contributed by atoms with Crippen LogP contribution in [0.4, 0.5) is 0 Å². The average Bonchev–Trinajstić information content (AvgIpc) is 2.36. The van der Waals surface area contributed by atoms with Gasteiger partial charge in [-0.2, -0.15) is 0 Å². The first-order valence-electron chi connectivity index (χ1n) is 5.39. The number of hydrogen-bond donors (Lipinski definition) is 2. The summed E-state index contributed by atoms with van der Waals surface area (Å²) in [7, 11) is 0. The first kappa shape index (κ1) is 11.6. The van der Waals surface area contributed by atoms with Crippen LogP contribution in [0.1, 0.15) is 12.5 Å². The van der Waals surface area contributed by atoms with Crippen LogP contribution >= 0.6 is 0 Å². The molecule has 3 heteroatoms. The molecule has 0 aliphatic heterocycles. The van der Waals surface area contributed by atoms with Crippen molar-refractivity contribution in [3.63, 3.8) is 0 Å². The number of rotatable bonds is 3. The van der Waals surface area contributed by atoms with Gasteiger partial charge in [-0.15, -0.1) is 6.42 Å². The molecule has 2 aromatic rings. The molecule has 0 aliphatic carbocycles. The fourth-order valence-electron chi connectivity index (χ4n) is 1.56. The van der Waals surface area contributed by atoms with Gasteiger partial charge < -0.3 is 5.11 Å². The van der Waals surface area contributed by atoms with Crippen molar-refractivity contribution in [2.45, 2.75) is 19.2 Å². The normalized spacial score (nSPS) is 14.2. The van der Waals surface area contributed by atoms with Gasteiger partial charge in [0, 0.05) is 18.1 Å². The summed E-state index contributed by atoms with van der Waals surface area (Å²) in [6.07, 6.45) is 6.96. The van der Waals surface area contributed by atoms with Crippen LogP contribution in [-0.2, 0) is 6.54 Å². The van der Waals surface area contributed by atoms with E-state index >= 15 is 0 Å². The van der Waals surface area contributed by atoms with Crippen molar-refractivity contribution in [1.29, 1.82) is 0 Å². The number of benzene rings is 1. The number of hydrogen-bond acceptors (Lipinski definition) is 3. The van der Waals surface area contributed by atoms with Crippen molar-refractivity contribution in [1.82, 2.24) is 10.3 Å². The third-order valence-electron chi connectivity index (χ3n) is 2.59. The van der Waals surface area contributed by atoms with Gasteiger partial charge in [-0.05, 0) is 30.7 Å². The lowest BCUT2D eigenvalue weighted by Gasteiger charge is -2.18. The van der Waals surface area contributed by atoms with E-state index in [1.165, 1.54) is 0 Å². The fraction of sp³-hybridized carbons (Fsp3) is 0.214. The Hall–Kier alpha value is -1.89. The van der Waals surface area contributed by atoms with Gasteiger partial charge in [-0.1, -0.05) is 18.1 Å². The summed E-state index contributed by atoms with van der Waals surface area (Å²) in [4.78, 5) is 4.25. The average molecular weight is 226 g/mol. The van der Waals surface area contributed by atoms with Gasteiger partial charge in [0.15, 0.2) is 5.72 Å². The van der Waals surface area contributed by atoms with E-state index in [0.29, 0.717) is 6.54 Å². The number of aromatic nitrogens is 1. The van der Waals surface area contributed by atoms with Crippen LogP contribution in [0.2, 0.25) is 0 Å². The van der Waals surface area contributed by atoms with Crippen LogP contribution in [0.3, 0.4) is 0 Å². The maximum atomic E-state index is 9.64. The highest BCUT2D eigenvalue weighted by Crippen LogP contribution is 2.13. The first-order chi connectivity index (χ1) is 8.11. The molecule has 0 saturated heterocycles. The maximum absolute atomic E-state index is 9.64. The van der Waals surface area contributed by atoms with Crippen LogP contribution in [0.5, 0.6) is 0 Å². The standard InChI is InChI=1S/C14H14N2O/c1-3-14(2,17)16-10-11-6-7-13-12(9-11)5-4-8-15-13/h1,4-9,16-17H,10H2,2H3/t14-/m0/s1. The van der Waals surface area contributed by atoms with Gasteiger partial charge in [0.2, 0.25) is 0 Å². The molecule has 3 nitrogen and oxygen atoms in total. The van der Waals surface area contributed by atoms with Crippen LogP contribution in [0.15, 0.2) is 36.5 Å². The van der Waals surface area contributed by atoms with Crippen LogP contribution in [0.25, 0.3) is 10.9 Å². The van der Waals surface area contributed by atoms with Gasteiger partial charge >= 0.3 is 0 Å². The van der Waals surface area contributed by atoms with Gasteiger partial charge in [0.25, 0.3) is 0 Å². The Balaban J connectivity index is 2.18. The molecule has 0 bridgehead atoms. The zero-order valence-electron chi connectivity index (χ0n) is 9.64. The molecule has 1 aromatic carbocycles. The second-order valence-electron chi connectivity index (χ2n) is 4.10. The summed E-state index contributed by atoms with van der Waals surface area (Å²) in [6.45, 7) is 2.07. The van der Waals surface area contributed by atoms with Crippen molar-refractivity contribution in [2.75, 3.05) is 0 Å². The summed E-state index contributed by atoms with van der Waals surface area (Å²) in [5.74, 6) is 2.28. The molecular weight excluding hydrogens is 212 g/mol. The topological polar surface area (TPSA) is 45.1 Å². The van der Waals surface area contributed by atoms with E-state index in [2.05, 4.69) is 16.2 Å². The van der Waals surface area contributed by atoms with Crippen molar-refractivity contribution < 1.29 is 5.11 Å². The lowest BCUT2D eigenvalue weighted by atomic mass is 10.1. The van der Waals surface area contributed by atoms with E-state index in [1.807, 2.05) is 30.3 Å². The summed E-state index contributed by atoms with van der Waals surface area (Å²) in [5.41, 5.74) is 0.741. The molecule has 2 rings (SSSR count). The minimum Gasteiger partial charge on any atom is -0.365 e. The minimum atomic E-state index is -1.27. The minimum absolute atomic E-state index is 0.516. The Morgan fingerprint density at radius 1 is 1.47 bits per heavy atom. The predicted octanol–water partition coefficient (Wildman–Crippen LogP) is 1.67. The summed E-state index contributed by atoms with van der Waals surface area (Å²) in [6, 6.07) is 9.86. The molecule has 0 unspecified atom stereocenters.